The summed E-state index contributed by atoms with van der Waals surface area (Å²) in [5.74, 6) is 1.02. The first-order valence-electron chi connectivity index (χ1n) is 7.17. The number of rotatable bonds is 6. The van der Waals surface area contributed by atoms with Gasteiger partial charge in [0.25, 0.3) is 0 Å². The Bertz CT molecular complexity index is 422. The Labute approximate surface area is 118 Å². The zero-order valence-electron chi connectivity index (χ0n) is 13.6. The molecule has 0 aromatic heterocycles. The average molecular weight is 263 g/mol. The van der Waals surface area contributed by atoms with E-state index in [1.54, 1.807) is 7.11 Å². The summed E-state index contributed by atoms with van der Waals surface area (Å²) in [6, 6.07) is 4.92. The molecule has 0 aliphatic rings. The van der Waals surface area contributed by atoms with Crippen molar-refractivity contribution < 1.29 is 4.74 Å². The lowest BCUT2D eigenvalue weighted by Gasteiger charge is -2.30. The summed E-state index contributed by atoms with van der Waals surface area (Å²) < 4.78 is 5.60. The lowest BCUT2D eigenvalue weighted by molar-refractivity contribution is 0.378. The molecule has 108 valence electrons. The molecule has 1 aromatic rings. The first kappa shape index (κ1) is 16.0. The van der Waals surface area contributed by atoms with Gasteiger partial charge in [0.05, 0.1) is 7.11 Å². The molecule has 0 fully saturated rings. The molecule has 0 spiro atoms. The summed E-state index contributed by atoms with van der Waals surface area (Å²) >= 11 is 0. The SMILES string of the molecule is COc1cc(C)cc(C)c1C(C)(C)CCNC(C)C. The molecule has 1 rings (SSSR count). The van der Waals surface area contributed by atoms with E-state index in [4.69, 9.17) is 4.74 Å². The third kappa shape index (κ3) is 4.24. The predicted molar refractivity (Wildman–Crippen MR) is 83.2 cm³/mol. The molecule has 0 saturated carbocycles. The topological polar surface area (TPSA) is 21.3 Å². The maximum atomic E-state index is 5.60. The van der Waals surface area contributed by atoms with Crippen molar-refractivity contribution in [3.8, 4) is 5.75 Å². The summed E-state index contributed by atoms with van der Waals surface area (Å²) in [5, 5.41) is 3.50. The summed E-state index contributed by atoms with van der Waals surface area (Å²) in [4.78, 5) is 0. The van der Waals surface area contributed by atoms with Gasteiger partial charge in [0.2, 0.25) is 0 Å². The van der Waals surface area contributed by atoms with Crippen LogP contribution in [0.2, 0.25) is 0 Å². The van der Waals surface area contributed by atoms with Gasteiger partial charge < -0.3 is 10.1 Å². The highest BCUT2D eigenvalue weighted by atomic mass is 16.5. The number of ether oxygens (including phenoxy) is 1. The van der Waals surface area contributed by atoms with Crippen LogP contribution in [0, 0.1) is 13.8 Å². The molecule has 0 atom stereocenters. The second-order valence-corrected chi connectivity index (χ2v) is 6.40. The zero-order chi connectivity index (χ0) is 14.6. The first-order chi connectivity index (χ1) is 8.77. The molecule has 1 N–H and O–H groups in total. The van der Waals surface area contributed by atoms with Crippen molar-refractivity contribution >= 4 is 0 Å². The summed E-state index contributed by atoms with van der Waals surface area (Å²) in [5.41, 5.74) is 4.04. The minimum Gasteiger partial charge on any atom is -0.496 e. The lowest BCUT2D eigenvalue weighted by Crippen LogP contribution is -2.30. The molecular formula is C17H29NO. The van der Waals surface area contributed by atoms with Crippen molar-refractivity contribution in [3.05, 3.63) is 28.8 Å². The van der Waals surface area contributed by atoms with E-state index in [1.807, 2.05) is 0 Å². The fourth-order valence-corrected chi connectivity index (χ4v) is 2.76. The minimum atomic E-state index is 0.116. The number of nitrogens with one attached hydrogen (secondary N) is 1. The van der Waals surface area contributed by atoms with Gasteiger partial charge in [-0.3, -0.25) is 0 Å². The molecule has 1 aromatic carbocycles. The Balaban J connectivity index is 2.99. The van der Waals surface area contributed by atoms with E-state index in [2.05, 4.69) is 59.0 Å². The smallest absolute Gasteiger partial charge is 0.123 e. The van der Waals surface area contributed by atoms with E-state index in [-0.39, 0.29) is 5.41 Å². The highest BCUT2D eigenvalue weighted by Crippen LogP contribution is 2.37. The predicted octanol–water partition coefficient (Wildman–Crippen LogP) is 3.98. The molecule has 0 unspecified atom stereocenters. The van der Waals surface area contributed by atoms with E-state index < -0.39 is 0 Å². The van der Waals surface area contributed by atoms with Gasteiger partial charge in [0.15, 0.2) is 0 Å². The number of benzene rings is 1. The van der Waals surface area contributed by atoms with Crippen LogP contribution in [-0.2, 0) is 5.41 Å². The molecule has 0 bridgehead atoms. The number of aryl methyl sites for hydroxylation is 2. The van der Waals surface area contributed by atoms with Crippen molar-refractivity contribution in [3.63, 3.8) is 0 Å². The van der Waals surface area contributed by atoms with Crippen LogP contribution in [0.15, 0.2) is 12.1 Å². The van der Waals surface area contributed by atoms with Crippen LogP contribution in [0.1, 0.15) is 50.8 Å². The van der Waals surface area contributed by atoms with E-state index in [1.165, 1.54) is 16.7 Å². The van der Waals surface area contributed by atoms with Crippen molar-refractivity contribution in [2.24, 2.45) is 0 Å². The maximum absolute atomic E-state index is 5.60. The summed E-state index contributed by atoms with van der Waals surface area (Å²) in [7, 11) is 1.76. The average Bonchev–Trinajstić information content (AvgIpc) is 2.26. The fourth-order valence-electron chi connectivity index (χ4n) is 2.76. The molecule has 2 heteroatoms. The maximum Gasteiger partial charge on any atom is 0.123 e. The summed E-state index contributed by atoms with van der Waals surface area (Å²) in [6.45, 7) is 14.3. The van der Waals surface area contributed by atoms with Crippen molar-refractivity contribution in [2.75, 3.05) is 13.7 Å². The van der Waals surface area contributed by atoms with Crippen LogP contribution in [0.3, 0.4) is 0 Å². The zero-order valence-corrected chi connectivity index (χ0v) is 13.6. The highest BCUT2D eigenvalue weighted by molar-refractivity contribution is 5.47. The third-order valence-electron chi connectivity index (χ3n) is 3.64. The molecule has 0 radical (unpaired) electrons. The lowest BCUT2D eigenvalue weighted by atomic mass is 9.78. The molecule has 19 heavy (non-hydrogen) atoms. The molecular weight excluding hydrogens is 234 g/mol. The largest absolute Gasteiger partial charge is 0.496 e. The third-order valence-corrected chi connectivity index (χ3v) is 3.64. The highest BCUT2D eigenvalue weighted by Gasteiger charge is 2.26. The van der Waals surface area contributed by atoms with E-state index in [0.29, 0.717) is 6.04 Å². The first-order valence-corrected chi connectivity index (χ1v) is 7.17. The van der Waals surface area contributed by atoms with Gasteiger partial charge in [-0.2, -0.15) is 0 Å². The van der Waals surface area contributed by atoms with Crippen molar-refractivity contribution in [1.82, 2.24) is 5.32 Å². The van der Waals surface area contributed by atoms with Crippen molar-refractivity contribution in [1.29, 1.82) is 0 Å². The van der Waals surface area contributed by atoms with Gasteiger partial charge >= 0.3 is 0 Å². The van der Waals surface area contributed by atoms with E-state index in [0.717, 1.165) is 18.7 Å². The normalized spacial score (nSPS) is 12.0. The van der Waals surface area contributed by atoms with E-state index in [9.17, 15) is 0 Å². The standard InChI is InChI=1S/C17H29NO/c1-12(2)18-9-8-17(5,6)16-14(4)10-13(3)11-15(16)19-7/h10-12,18H,8-9H2,1-7H3. The van der Waals surface area contributed by atoms with Gasteiger partial charge in [-0.05, 0) is 49.4 Å². The van der Waals surface area contributed by atoms with Crippen LogP contribution in [0.5, 0.6) is 5.75 Å². The molecule has 0 saturated heterocycles. The molecule has 0 amide bonds. The monoisotopic (exact) mass is 263 g/mol. The molecule has 0 heterocycles. The Morgan fingerprint density at radius 2 is 1.84 bits per heavy atom. The van der Waals surface area contributed by atoms with Gasteiger partial charge in [-0.15, -0.1) is 0 Å². The molecule has 2 nitrogen and oxygen atoms in total. The van der Waals surface area contributed by atoms with Crippen LogP contribution in [-0.4, -0.2) is 19.7 Å². The van der Waals surface area contributed by atoms with Crippen LogP contribution in [0.25, 0.3) is 0 Å². The van der Waals surface area contributed by atoms with E-state index >= 15 is 0 Å². The second kappa shape index (κ2) is 6.42. The quantitative estimate of drug-likeness (QED) is 0.838. The molecule has 0 aliphatic carbocycles. The van der Waals surface area contributed by atoms with Crippen LogP contribution in [0.4, 0.5) is 0 Å². The Kier molecular flexibility index (Phi) is 5.42. The summed E-state index contributed by atoms with van der Waals surface area (Å²) in [6.07, 6.45) is 1.10. The second-order valence-electron chi connectivity index (χ2n) is 6.40. The Morgan fingerprint density at radius 3 is 2.37 bits per heavy atom. The van der Waals surface area contributed by atoms with Gasteiger partial charge in [-0.1, -0.05) is 33.8 Å². The number of hydrogen-bond donors (Lipinski definition) is 1. The Morgan fingerprint density at radius 1 is 1.21 bits per heavy atom. The molecule has 0 aliphatic heterocycles. The van der Waals surface area contributed by atoms with Crippen LogP contribution < -0.4 is 10.1 Å². The number of methoxy groups -OCH3 is 1. The van der Waals surface area contributed by atoms with Gasteiger partial charge in [0, 0.05) is 11.6 Å². The Hall–Kier alpha value is -1.02. The van der Waals surface area contributed by atoms with Gasteiger partial charge in [-0.25, -0.2) is 0 Å². The van der Waals surface area contributed by atoms with Gasteiger partial charge in [0.1, 0.15) is 5.75 Å². The minimum absolute atomic E-state index is 0.116. The number of hydrogen-bond acceptors (Lipinski definition) is 2. The van der Waals surface area contributed by atoms with Crippen molar-refractivity contribution in [2.45, 2.75) is 59.4 Å². The fraction of sp³-hybridized carbons (Fsp3) is 0.647. The van der Waals surface area contributed by atoms with Crippen LogP contribution >= 0.6 is 0 Å².